The lowest BCUT2D eigenvalue weighted by Gasteiger charge is -2.11. The van der Waals surface area contributed by atoms with Gasteiger partial charge >= 0.3 is 5.69 Å². The molecule has 0 aromatic carbocycles. The third-order valence-corrected chi connectivity index (χ3v) is 4.33. The first-order valence-corrected chi connectivity index (χ1v) is 6.30. The van der Waals surface area contributed by atoms with E-state index in [2.05, 4.69) is 0 Å². The first-order valence-electron chi connectivity index (χ1n) is 6.30. The van der Waals surface area contributed by atoms with Gasteiger partial charge in [-0.15, -0.1) is 0 Å². The summed E-state index contributed by atoms with van der Waals surface area (Å²) in [5.74, 6) is 1.31. The molecule has 2 unspecified atom stereocenters. The number of aryl methyl sites for hydroxylation is 1. The predicted molar refractivity (Wildman–Crippen MR) is 65.6 cm³/mol. The molecule has 2 aliphatic rings. The number of nitrogens with zero attached hydrogens (tertiary/aromatic N) is 2. The van der Waals surface area contributed by atoms with Gasteiger partial charge in [0.25, 0.3) is 5.56 Å². The third-order valence-electron chi connectivity index (χ3n) is 4.33. The molecule has 1 aromatic rings. The Morgan fingerprint density at radius 2 is 1.78 bits per heavy atom. The van der Waals surface area contributed by atoms with Gasteiger partial charge in [-0.3, -0.25) is 14.2 Å². The Hall–Kier alpha value is -1.65. The molecule has 5 nitrogen and oxygen atoms in total. The summed E-state index contributed by atoms with van der Waals surface area (Å²) in [7, 11) is 2.97. The second kappa shape index (κ2) is 3.67. The van der Waals surface area contributed by atoms with Crippen LogP contribution in [-0.2, 0) is 14.1 Å². The molecule has 2 saturated carbocycles. The van der Waals surface area contributed by atoms with Gasteiger partial charge in [0.1, 0.15) is 0 Å². The lowest BCUT2D eigenvalue weighted by atomic mass is 9.94. The molecule has 96 valence electrons. The average molecular weight is 248 g/mol. The zero-order chi connectivity index (χ0) is 13.0. The Bertz CT molecular complexity index is 631. The quantitative estimate of drug-likeness (QED) is 0.708. The molecule has 1 heterocycles. The van der Waals surface area contributed by atoms with Crippen LogP contribution in [0.25, 0.3) is 0 Å². The monoisotopic (exact) mass is 248 g/mol. The molecule has 0 aliphatic heterocycles. The van der Waals surface area contributed by atoms with Crippen LogP contribution in [0.5, 0.6) is 0 Å². The molecule has 2 atom stereocenters. The predicted octanol–water partition coefficient (Wildman–Crippen LogP) is 0.313. The van der Waals surface area contributed by atoms with Crippen LogP contribution < -0.4 is 11.2 Å². The summed E-state index contributed by atoms with van der Waals surface area (Å²) in [5, 5.41) is 0. The average Bonchev–Trinajstić information content (AvgIpc) is 2.97. The van der Waals surface area contributed by atoms with Crippen molar-refractivity contribution in [1.82, 2.24) is 9.13 Å². The minimum absolute atomic E-state index is 0.0149. The van der Waals surface area contributed by atoms with Crippen LogP contribution in [0.2, 0.25) is 0 Å². The number of ketones is 1. The maximum absolute atomic E-state index is 12.3. The van der Waals surface area contributed by atoms with Crippen molar-refractivity contribution in [3.05, 3.63) is 32.6 Å². The fraction of sp³-hybridized carbons (Fsp3) is 0.615. The standard InChI is InChI=1S/C13H16N2O3/c1-14-6-10(12(17)15(2)13(14)18)11(16)9-4-7-3-8(7)5-9/h6-9H,3-5H2,1-2H3. The van der Waals surface area contributed by atoms with Crippen LogP contribution in [-0.4, -0.2) is 14.9 Å². The highest BCUT2D eigenvalue weighted by molar-refractivity contribution is 5.97. The van der Waals surface area contributed by atoms with Gasteiger partial charge in [-0.1, -0.05) is 0 Å². The summed E-state index contributed by atoms with van der Waals surface area (Å²) in [6.45, 7) is 0. The number of carbonyl (C=O) groups is 1. The van der Waals surface area contributed by atoms with Gasteiger partial charge in [-0.05, 0) is 31.1 Å². The third kappa shape index (κ3) is 1.57. The Balaban J connectivity index is 1.99. The molecule has 0 radical (unpaired) electrons. The molecule has 2 aliphatic carbocycles. The van der Waals surface area contributed by atoms with Crippen LogP contribution in [0.1, 0.15) is 29.6 Å². The smallest absolute Gasteiger partial charge is 0.303 e. The fourth-order valence-corrected chi connectivity index (χ4v) is 3.13. The van der Waals surface area contributed by atoms with Crippen LogP contribution >= 0.6 is 0 Å². The summed E-state index contributed by atoms with van der Waals surface area (Å²) in [6, 6.07) is 0. The molecule has 0 N–H and O–H groups in total. The molecule has 3 rings (SSSR count). The van der Waals surface area contributed by atoms with Crippen molar-refractivity contribution < 1.29 is 4.79 Å². The number of Topliss-reactive ketones (excluding diaryl/α,β-unsaturated/α-hetero) is 1. The van der Waals surface area contributed by atoms with Crippen molar-refractivity contribution in [1.29, 1.82) is 0 Å². The van der Waals surface area contributed by atoms with E-state index in [-0.39, 0.29) is 17.3 Å². The maximum Gasteiger partial charge on any atom is 0.330 e. The molecule has 1 aromatic heterocycles. The number of hydrogen-bond donors (Lipinski definition) is 0. The highest BCUT2D eigenvalue weighted by atomic mass is 16.2. The van der Waals surface area contributed by atoms with E-state index in [1.54, 1.807) is 7.05 Å². The van der Waals surface area contributed by atoms with Crippen molar-refractivity contribution in [2.24, 2.45) is 31.8 Å². The second-order valence-corrected chi connectivity index (χ2v) is 5.59. The van der Waals surface area contributed by atoms with Gasteiger partial charge in [-0.25, -0.2) is 4.79 Å². The van der Waals surface area contributed by atoms with Crippen molar-refractivity contribution in [3.63, 3.8) is 0 Å². The minimum atomic E-state index is -0.469. The highest BCUT2D eigenvalue weighted by Gasteiger charge is 2.48. The normalized spacial score (nSPS) is 29.1. The molecule has 0 amide bonds. The summed E-state index contributed by atoms with van der Waals surface area (Å²) < 4.78 is 2.30. The molecule has 0 bridgehead atoms. The first kappa shape index (κ1) is 11.4. The minimum Gasteiger partial charge on any atom is -0.303 e. The van der Waals surface area contributed by atoms with Gasteiger partial charge in [0, 0.05) is 26.2 Å². The SMILES string of the molecule is Cn1cc(C(=O)C2CC3CC3C2)c(=O)n(C)c1=O. The Labute approximate surface area is 104 Å². The Morgan fingerprint density at radius 1 is 1.17 bits per heavy atom. The van der Waals surface area contributed by atoms with Crippen molar-refractivity contribution in [2.75, 3.05) is 0 Å². The first-order chi connectivity index (χ1) is 8.49. The highest BCUT2D eigenvalue weighted by Crippen LogP contribution is 2.54. The summed E-state index contributed by atoms with van der Waals surface area (Å²) in [5.41, 5.74) is -0.708. The lowest BCUT2D eigenvalue weighted by Crippen LogP contribution is -2.40. The fourth-order valence-electron chi connectivity index (χ4n) is 3.13. The van der Waals surface area contributed by atoms with Crippen LogP contribution in [0, 0.1) is 17.8 Å². The van der Waals surface area contributed by atoms with Crippen LogP contribution in [0.15, 0.2) is 15.8 Å². The number of hydrogen-bond acceptors (Lipinski definition) is 3. The maximum atomic E-state index is 12.3. The number of rotatable bonds is 2. The van der Waals surface area contributed by atoms with E-state index < -0.39 is 11.2 Å². The van der Waals surface area contributed by atoms with E-state index in [4.69, 9.17) is 0 Å². The van der Waals surface area contributed by atoms with E-state index in [0.717, 1.165) is 17.4 Å². The van der Waals surface area contributed by atoms with E-state index in [1.165, 1.54) is 24.2 Å². The molecule has 2 fully saturated rings. The molecule has 5 heteroatoms. The van der Waals surface area contributed by atoms with Crippen LogP contribution in [0.3, 0.4) is 0 Å². The van der Waals surface area contributed by atoms with E-state index in [0.29, 0.717) is 11.8 Å². The van der Waals surface area contributed by atoms with Gasteiger partial charge in [0.2, 0.25) is 0 Å². The van der Waals surface area contributed by atoms with Crippen molar-refractivity contribution in [2.45, 2.75) is 19.3 Å². The largest absolute Gasteiger partial charge is 0.330 e. The summed E-state index contributed by atoms with van der Waals surface area (Å²) in [4.78, 5) is 35.8. The Morgan fingerprint density at radius 3 is 2.39 bits per heavy atom. The second-order valence-electron chi connectivity index (χ2n) is 5.59. The number of carbonyl (C=O) groups excluding carboxylic acids is 1. The van der Waals surface area contributed by atoms with Gasteiger partial charge in [-0.2, -0.15) is 0 Å². The molecular formula is C13H16N2O3. The number of fused-ring (bicyclic) bond motifs is 1. The lowest BCUT2D eigenvalue weighted by molar-refractivity contribution is 0.0911. The van der Waals surface area contributed by atoms with E-state index >= 15 is 0 Å². The Kier molecular flexibility index (Phi) is 2.33. The van der Waals surface area contributed by atoms with E-state index in [9.17, 15) is 14.4 Å². The summed E-state index contributed by atoms with van der Waals surface area (Å²) in [6.07, 6.45) is 4.46. The summed E-state index contributed by atoms with van der Waals surface area (Å²) >= 11 is 0. The number of aromatic nitrogens is 2. The molecule has 0 spiro atoms. The van der Waals surface area contributed by atoms with Crippen LogP contribution in [0.4, 0.5) is 0 Å². The van der Waals surface area contributed by atoms with Gasteiger partial charge < -0.3 is 4.57 Å². The van der Waals surface area contributed by atoms with E-state index in [1.807, 2.05) is 0 Å². The van der Waals surface area contributed by atoms with Gasteiger partial charge in [0.15, 0.2) is 5.78 Å². The zero-order valence-corrected chi connectivity index (χ0v) is 10.5. The van der Waals surface area contributed by atoms with Crippen molar-refractivity contribution >= 4 is 5.78 Å². The molecule has 18 heavy (non-hydrogen) atoms. The topological polar surface area (TPSA) is 61.1 Å². The van der Waals surface area contributed by atoms with Crippen molar-refractivity contribution in [3.8, 4) is 0 Å². The van der Waals surface area contributed by atoms with Gasteiger partial charge in [0.05, 0.1) is 5.56 Å². The zero-order valence-electron chi connectivity index (χ0n) is 10.5. The molecular weight excluding hydrogens is 232 g/mol. The molecule has 0 saturated heterocycles.